The number of furan rings is 1. The number of carbonyl (C=O) groups is 2. The highest BCUT2D eigenvalue weighted by atomic mass is 32.1. The van der Waals surface area contributed by atoms with Crippen LogP contribution in [0.25, 0.3) is 11.0 Å². The molecule has 0 aliphatic rings. The van der Waals surface area contributed by atoms with Gasteiger partial charge in [-0.2, -0.15) is 13.2 Å². The molecule has 2 aromatic heterocycles. The number of alkyl halides is 3. The number of fused-ring (bicyclic) bond motifs is 1. The number of benzene rings is 2. The molecule has 2 heterocycles. The first-order chi connectivity index (χ1) is 13.8. The maximum absolute atomic E-state index is 13.4. The largest absolute Gasteiger partial charge is 0.451 e. The number of para-hydroxylation sites is 1. The predicted molar refractivity (Wildman–Crippen MR) is 101 cm³/mol. The number of nitrogens with one attached hydrogen (secondary N) is 1. The number of aromatic nitrogens is 1. The first kappa shape index (κ1) is 18.9. The van der Waals surface area contributed by atoms with Crippen LogP contribution in [0.4, 0.5) is 18.3 Å². The van der Waals surface area contributed by atoms with Crippen molar-refractivity contribution in [3.63, 3.8) is 0 Å². The zero-order chi connectivity index (χ0) is 20.6. The van der Waals surface area contributed by atoms with E-state index in [-0.39, 0.29) is 16.5 Å². The normalized spacial score (nSPS) is 11.6. The van der Waals surface area contributed by atoms with Gasteiger partial charge >= 0.3 is 6.18 Å². The smallest absolute Gasteiger partial charge is 0.435 e. The van der Waals surface area contributed by atoms with Crippen LogP contribution in [0, 0.1) is 0 Å². The molecular formula is C20H11F3N2O3S. The quantitative estimate of drug-likeness (QED) is 0.453. The summed E-state index contributed by atoms with van der Waals surface area (Å²) in [7, 11) is 0. The van der Waals surface area contributed by atoms with E-state index in [4.69, 9.17) is 4.42 Å². The Morgan fingerprint density at radius 3 is 2.38 bits per heavy atom. The molecule has 0 bridgehead atoms. The number of ketones is 1. The fraction of sp³-hybridized carbons (Fsp3) is 0.0500. The first-order valence-electron chi connectivity index (χ1n) is 8.30. The summed E-state index contributed by atoms with van der Waals surface area (Å²) in [6.45, 7) is 0. The maximum atomic E-state index is 13.4. The second kappa shape index (κ2) is 7.17. The van der Waals surface area contributed by atoms with Crippen molar-refractivity contribution in [2.24, 2.45) is 0 Å². The summed E-state index contributed by atoms with van der Waals surface area (Å²) in [6, 6.07) is 15.9. The van der Waals surface area contributed by atoms with Crippen molar-refractivity contribution in [1.82, 2.24) is 4.98 Å². The van der Waals surface area contributed by atoms with Gasteiger partial charge in [-0.1, -0.05) is 59.9 Å². The van der Waals surface area contributed by atoms with Gasteiger partial charge in [0.05, 0.1) is 0 Å². The molecular weight excluding hydrogens is 405 g/mol. The summed E-state index contributed by atoms with van der Waals surface area (Å²) in [5, 5.41) is 2.61. The zero-order valence-electron chi connectivity index (χ0n) is 14.5. The second-order valence-corrected chi connectivity index (χ2v) is 6.99. The van der Waals surface area contributed by atoms with Gasteiger partial charge in [0.15, 0.2) is 16.6 Å². The minimum atomic E-state index is -4.85. The van der Waals surface area contributed by atoms with Crippen molar-refractivity contribution in [1.29, 1.82) is 0 Å². The van der Waals surface area contributed by atoms with Gasteiger partial charge in [0, 0.05) is 10.9 Å². The van der Waals surface area contributed by atoms with E-state index in [1.54, 1.807) is 42.5 Å². The van der Waals surface area contributed by atoms with Crippen LogP contribution in [0.15, 0.2) is 65.1 Å². The van der Waals surface area contributed by atoms with Crippen molar-refractivity contribution in [2.75, 3.05) is 5.32 Å². The molecule has 0 unspecified atom stereocenters. The van der Waals surface area contributed by atoms with Gasteiger partial charge in [-0.15, -0.1) is 0 Å². The molecule has 0 saturated heterocycles. The SMILES string of the molecule is O=C(Nc1nc(C(F)(F)F)c(C(=O)c2ccccc2)s1)c1cc2ccccc2o1. The summed E-state index contributed by atoms with van der Waals surface area (Å²) in [5.74, 6) is -1.66. The number of hydrogen-bond donors (Lipinski definition) is 1. The van der Waals surface area contributed by atoms with Gasteiger partial charge in [0.25, 0.3) is 5.91 Å². The number of halogens is 3. The van der Waals surface area contributed by atoms with Crippen LogP contribution in [-0.2, 0) is 6.18 Å². The molecule has 4 rings (SSSR count). The molecule has 0 saturated carbocycles. The van der Waals surface area contributed by atoms with Crippen LogP contribution in [0.5, 0.6) is 0 Å². The Morgan fingerprint density at radius 1 is 1.00 bits per heavy atom. The minimum Gasteiger partial charge on any atom is -0.451 e. The minimum absolute atomic E-state index is 0.0779. The highest BCUT2D eigenvalue weighted by Gasteiger charge is 2.40. The van der Waals surface area contributed by atoms with E-state index in [0.29, 0.717) is 22.3 Å². The Hall–Kier alpha value is -3.46. The molecule has 4 aromatic rings. The van der Waals surface area contributed by atoms with Crippen LogP contribution in [0.3, 0.4) is 0 Å². The Morgan fingerprint density at radius 2 is 1.69 bits per heavy atom. The molecule has 9 heteroatoms. The number of amides is 1. The fourth-order valence-electron chi connectivity index (χ4n) is 2.69. The van der Waals surface area contributed by atoms with E-state index in [9.17, 15) is 22.8 Å². The molecule has 1 amide bonds. The van der Waals surface area contributed by atoms with Gasteiger partial charge in [-0.05, 0) is 12.1 Å². The lowest BCUT2D eigenvalue weighted by Gasteiger charge is -2.05. The first-order valence-corrected chi connectivity index (χ1v) is 9.12. The van der Waals surface area contributed by atoms with E-state index in [0.717, 1.165) is 0 Å². The third-order valence-electron chi connectivity index (χ3n) is 4.01. The van der Waals surface area contributed by atoms with E-state index in [2.05, 4.69) is 10.3 Å². The standard InChI is InChI=1S/C20H11F3N2O3S/c21-20(22,23)17-16(15(26)11-6-2-1-3-7-11)29-19(24-17)25-18(27)14-10-12-8-4-5-9-13(12)28-14/h1-10H,(H,24,25,27). The molecule has 0 radical (unpaired) electrons. The molecule has 29 heavy (non-hydrogen) atoms. The topological polar surface area (TPSA) is 72.2 Å². The monoisotopic (exact) mass is 416 g/mol. The molecule has 2 aromatic carbocycles. The maximum Gasteiger partial charge on any atom is 0.435 e. The predicted octanol–water partition coefficient (Wildman–Crippen LogP) is 5.39. The van der Waals surface area contributed by atoms with Crippen LogP contribution >= 0.6 is 11.3 Å². The zero-order valence-corrected chi connectivity index (χ0v) is 15.3. The molecule has 1 N–H and O–H groups in total. The third-order valence-corrected chi connectivity index (χ3v) is 4.98. The number of hydrogen-bond acceptors (Lipinski definition) is 5. The Balaban J connectivity index is 1.66. The Labute approximate surface area is 165 Å². The number of anilines is 1. The number of thiazole rings is 1. The van der Waals surface area contributed by atoms with Gasteiger partial charge in [-0.25, -0.2) is 4.98 Å². The van der Waals surface area contributed by atoms with Crippen LogP contribution in [0.1, 0.15) is 31.5 Å². The fourth-order valence-corrected chi connectivity index (χ4v) is 3.64. The van der Waals surface area contributed by atoms with E-state index < -0.39 is 28.4 Å². The van der Waals surface area contributed by atoms with Crippen molar-refractivity contribution in [2.45, 2.75) is 6.18 Å². The van der Waals surface area contributed by atoms with Gasteiger partial charge in [-0.3, -0.25) is 14.9 Å². The lowest BCUT2D eigenvalue weighted by atomic mass is 10.1. The van der Waals surface area contributed by atoms with Gasteiger partial charge in [0.2, 0.25) is 5.78 Å². The summed E-state index contributed by atoms with van der Waals surface area (Å²) in [4.78, 5) is 27.8. The van der Waals surface area contributed by atoms with Crippen LogP contribution in [0.2, 0.25) is 0 Å². The number of carbonyl (C=O) groups excluding carboxylic acids is 2. The molecule has 0 spiro atoms. The van der Waals surface area contributed by atoms with E-state index in [1.807, 2.05) is 0 Å². The summed E-state index contributed by atoms with van der Waals surface area (Å²) >= 11 is 0.465. The lowest BCUT2D eigenvalue weighted by Crippen LogP contribution is -2.13. The van der Waals surface area contributed by atoms with Crippen molar-refractivity contribution >= 4 is 39.1 Å². The molecule has 146 valence electrons. The third kappa shape index (κ3) is 3.77. The summed E-state index contributed by atoms with van der Waals surface area (Å²) < 4.78 is 45.6. The molecule has 0 aliphatic carbocycles. The van der Waals surface area contributed by atoms with Gasteiger partial charge in [0.1, 0.15) is 10.5 Å². The summed E-state index contributed by atoms with van der Waals surface area (Å²) in [5.41, 5.74) is -0.777. The van der Waals surface area contributed by atoms with Gasteiger partial charge < -0.3 is 4.42 Å². The number of rotatable bonds is 4. The highest BCUT2D eigenvalue weighted by Crippen LogP contribution is 2.37. The molecule has 0 atom stereocenters. The molecule has 0 fully saturated rings. The van der Waals surface area contributed by atoms with E-state index >= 15 is 0 Å². The Bertz CT molecular complexity index is 1180. The average Bonchev–Trinajstić information content (AvgIpc) is 3.32. The van der Waals surface area contributed by atoms with Crippen LogP contribution < -0.4 is 5.32 Å². The Kier molecular flexibility index (Phi) is 4.67. The number of nitrogens with zero attached hydrogens (tertiary/aromatic N) is 1. The van der Waals surface area contributed by atoms with Crippen molar-refractivity contribution in [3.8, 4) is 0 Å². The van der Waals surface area contributed by atoms with Crippen molar-refractivity contribution < 1.29 is 27.2 Å². The molecule has 5 nitrogen and oxygen atoms in total. The lowest BCUT2D eigenvalue weighted by molar-refractivity contribution is -0.140. The summed E-state index contributed by atoms with van der Waals surface area (Å²) in [6.07, 6.45) is -4.85. The van der Waals surface area contributed by atoms with E-state index in [1.165, 1.54) is 18.2 Å². The van der Waals surface area contributed by atoms with Crippen molar-refractivity contribution in [3.05, 3.63) is 82.6 Å². The van der Waals surface area contributed by atoms with Crippen LogP contribution in [-0.4, -0.2) is 16.7 Å². The molecule has 0 aliphatic heterocycles. The highest BCUT2D eigenvalue weighted by molar-refractivity contribution is 7.18. The average molecular weight is 416 g/mol. The second-order valence-electron chi connectivity index (χ2n) is 5.99.